The lowest BCUT2D eigenvalue weighted by Gasteiger charge is -2.23. The van der Waals surface area contributed by atoms with Gasteiger partial charge in [-0.2, -0.15) is 0 Å². The second-order valence-corrected chi connectivity index (χ2v) is 12.7. The fourth-order valence-corrected chi connectivity index (χ4v) is 4.28. The van der Waals surface area contributed by atoms with E-state index in [1.54, 1.807) is 0 Å². The lowest BCUT2D eigenvalue weighted by atomic mass is 9.89. The van der Waals surface area contributed by atoms with Crippen molar-refractivity contribution in [2.75, 3.05) is 0 Å². The number of nitrogens with two attached hydrogens (primary N) is 1. The van der Waals surface area contributed by atoms with E-state index in [4.69, 9.17) is 10.7 Å². The lowest BCUT2D eigenvalue weighted by molar-refractivity contribution is 0.689. The third kappa shape index (κ3) is 16.2. The highest BCUT2D eigenvalue weighted by Gasteiger charge is 2.29. The third-order valence-corrected chi connectivity index (χ3v) is 8.29. The Balaban J connectivity index is 0.000000349. The zero-order chi connectivity index (χ0) is 34.5. The highest BCUT2D eigenvalue weighted by atomic mass is 15.0. The number of benzene rings is 2. The summed E-state index contributed by atoms with van der Waals surface area (Å²) in [7, 11) is 0. The van der Waals surface area contributed by atoms with Crippen LogP contribution in [0.15, 0.2) is 119 Å². The van der Waals surface area contributed by atoms with Crippen molar-refractivity contribution in [3.8, 4) is 0 Å². The number of hydrogen-bond donors (Lipinski definition) is 2. The highest BCUT2D eigenvalue weighted by Crippen LogP contribution is 2.36. The molecule has 3 nitrogen and oxygen atoms in total. The van der Waals surface area contributed by atoms with Gasteiger partial charge in [0.25, 0.3) is 0 Å². The molecule has 0 aromatic heterocycles. The number of nitrogens with one attached hydrogen (secondary N) is 1. The molecule has 2 aromatic carbocycles. The summed E-state index contributed by atoms with van der Waals surface area (Å²) >= 11 is 0. The molecule has 1 aliphatic heterocycles. The van der Waals surface area contributed by atoms with E-state index in [-0.39, 0.29) is 6.04 Å². The van der Waals surface area contributed by atoms with Crippen molar-refractivity contribution in [3.05, 3.63) is 131 Å². The van der Waals surface area contributed by atoms with Gasteiger partial charge in [-0.1, -0.05) is 145 Å². The number of nitrogens with zero attached hydrogens (tertiary/aromatic N) is 1. The summed E-state index contributed by atoms with van der Waals surface area (Å²) in [6.45, 7) is 27.4. The maximum atomic E-state index is 5.61. The van der Waals surface area contributed by atoms with E-state index in [2.05, 4.69) is 116 Å². The van der Waals surface area contributed by atoms with Crippen LogP contribution in [0, 0.1) is 25.7 Å². The summed E-state index contributed by atoms with van der Waals surface area (Å²) in [5.41, 5.74) is 16.6. The van der Waals surface area contributed by atoms with E-state index in [1.165, 1.54) is 77.8 Å². The quantitative estimate of drug-likeness (QED) is 0.287. The summed E-state index contributed by atoms with van der Waals surface area (Å²) < 4.78 is 0. The molecule has 0 bridgehead atoms. The van der Waals surface area contributed by atoms with Gasteiger partial charge in [-0.15, -0.1) is 0 Å². The van der Waals surface area contributed by atoms with Crippen LogP contribution in [0.1, 0.15) is 123 Å². The van der Waals surface area contributed by atoms with Crippen molar-refractivity contribution in [1.29, 1.82) is 0 Å². The first-order valence-electron chi connectivity index (χ1n) is 17.6. The average molecular weight is 624 g/mol. The van der Waals surface area contributed by atoms with Gasteiger partial charge in [-0.3, -0.25) is 4.99 Å². The van der Waals surface area contributed by atoms with Gasteiger partial charge in [0.2, 0.25) is 0 Å². The Bertz CT molecular complexity index is 1270. The molecule has 1 saturated carbocycles. The van der Waals surface area contributed by atoms with Gasteiger partial charge in [0.15, 0.2) is 0 Å². The molecule has 3 N–H and O–H groups in total. The minimum atomic E-state index is 0.159. The molecule has 1 heterocycles. The summed E-state index contributed by atoms with van der Waals surface area (Å²) in [4.78, 5) is 4.75. The van der Waals surface area contributed by atoms with Crippen LogP contribution in [0.25, 0.3) is 0 Å². The van der Waals surface area contributed by atoms with Gasteiger partial charge in [0, 0.05) is 29.8 Å². The molecule has 46 heavy (non-hydrogen) atoms. The van der Waals surface area contributed by atoms with Crippen LogP contribution in [-0.4, -0.2) is 5.71 Å². The maximum Gasteiger partial charge on any atom is 0.0821 e. The van der Waals surface area contributed by atoms with E-state index in [0.29, 0.717) is 5.92 Å². The van der Waals surface area contributed by atoms with Crippen molar-refractivity contribution >= 4 is 5.71 Å². The predicted octanol–water partition coefficient (Wildman–Crippen LogP) is 12.3. The molecular weight excluding hydrogens is 558 g/mol. The van der Waals surface area contributed by atoms with Crippen LogP contribution in [-0.2, 0) is 0 Å². The van der Waals surface area contributed by atoms with E-state index in [0.717, 1.165) is 30.2 Å². The van der Waals surface area contributed by atoms with Crippen molar-refractivity contribution < 1.29 is 0 Å². The van der Waals surface area contributed by atoms with Gasteiger partial charge < -0.3 is 11.1 Å². The van der Waals surface area contributed by atoms with Gasteiger partial charge in [-0.05, 0) is 82.1 Å². The molecule has 0 amide bonds. The Morgan fingerprint density at radius 1 is 0.870 bits per heavy atom. The average Bonchev–Trinajstić information content (AvgIpc) is 3.80. The van der Waals surface area contributed by atoms with Gasteiger partial charge in [-0.25, -0.2) is 0 Å². The molecular formula is C43H65N3. The van der Waals surface area contributed by atoms with E-state index >= 15 is 0 Å². The predicted molar refractivity (Wildman–Crippen MR) is 206 cm³/mol. The molecule has 2 unspecified atom stereocenters. The smallest absolute Gasteiger partial charge is 0.0821 e. The van der Waals surface area contributed by atoms with E-state index < -0.39 is 0 Å². The van der Waals surface area contributed by atoms with Crippen LogP contribution in [0.4, 0.5) is 0 Å². The first-order valence-corrected chi connectivity index (χ1v) is 17.6. The normalized spacial score (nSPS) is 16.8. The second kappa shape index (κ2) is 23.0. The molecule has 5 rings (SSSR count). The molecule has 3 heteroatoms. The minimum Gasteiger partial charge on any atom is -0.357 e. The Labute approximate surface area is 283 Å². The van der Waals surface area contributed by atoms with Gasteiger partial charge >= 0.3 is 0 Å². The molecule has 0 spiro atoms. The molecule has 2 atom stereocenters. The summed E-state index contributed by atoms with van der Waals surface area (Å²) in [5.74, 6) is 1.17. The Morgan fingerprint density at radius 2 is 1.39 bits per heavy atom. The Hall–Kier alpha value is -3.43. The molecule has 2 aliphatic carbocycles. The van der Waals surface area contributed by atoms with Gasteiger partial charge in [0.05, 0.1) is 11.4 Å². The number of aliphatic imine (C=N–C) groups is 1. The maximum absolute atomic E-state index is 5.61. The number of hydrogen-bond acceptors (Lipinski definition) is 3. The standard InChI is InChI=1S/C19H24N2.C8H11N.C8H10.2C4H10/c1-12(2)16-6-5-13(3)19(11-16)20-14(4)17-9-10-18(21-17)15-7-8-15;1-7(9)8-5-3-2-4-6-8;1-7-5-3-4-6-8(7)2;2*1-3-4-2/h5-6,9,15-16,20H,1,4,7-8,10-11H2,2-3H3;2-7H,9H2,1H3;3-6H,1-2H3;2*3-4H2,1-2H3. The summed E-state index contributed by atoms with van der Waals surface area (Å²) in [6.07, 6.45) is 16.5. The van der Waals surface area contributed by atoms with Crippen molar-refractivity contribution in [3.63, 3.8) is 0 Å². The highest BCUT2D eigenvalue weighted by molar-refractivity contribution is 5.93. The second-order valence-electron chi connectivity index (χ2n) is 12.7. The van der Waals surface area contributed by atoms with Crippen molar-refractivity contribution in [2.24, 2.45) is 22.6 Å². The topological polar surface area (TPSA) is 50.4 Å². The number of aryl methyl sites for hydroxylation is 2. The van der Waals surface area contributed by atoms with E-state index in [9.17, 15) is 0 Å². The number of rotatable bonds is 8. The SMILES string of the molecule is C=C(NC1=C(C)C=CC(C(=C)C)C1)C1=CCC(C2CC2)=N1.CC(N)c1ccccc1.CCCC.CCCC.Cc1ccccc1C. The van der Waals surface area contributed by atoms with Crippen LogP contribution < -0.4 is 11.1 Å². The molecule has 2 aromatic rings. The lowest BCUT2D eigenvalue weighted by Crippen LogP contribution is -2.19. The largest absolute Gasteiger partial charge is 0.357 e. The first-order chi connectivity index (χ1) is 22.0. The van der Waals surface area contributed by atoms with E-state index in [1.807, 2.05) is 37.3 Å². The monoisotopic (exact) mass is 624 g/mol. The fourth-order valence-electron chi connectivity index (χ4n) is 4.28. The van der Waals surface area contributed by atoms with Crippen LogP contribution >= 0.6 is 0 Å². The van der Waals surface area contributed by atoms with Crippen molar-refractivity contribution in [2.45, 2.75) is 120 Å². The van der Waals surface area contributed by atoms with Crippen molar-refractivity contribution in [1.82, 2.24) is 5.32 Å². The van der Waals surface area contributed by atoms with Crippen LogP contribution in [0.3, 0.4) is 0 Å². The molecule has 252 valence electrons. The molecule has 1 fully saturated rings. The zero-order valence-electron chi connectivity index (χ0n) is 30.8. The summed E-state index contributed by atoms with van der Waals surface area (Å²) in [6, 6.07) is 18.6. The first kappa shape index (κ1) is 40.6. The third-order valence-electron chi connectivity index (χ3n) is 8.29. The molecule has 0 radical (unpaired) electrons. The Kier molecular flexibility index (Phi) is 20.3. The zero-order valence-corrected chi connectivity index (χ0v) is 30.8. The van der Waals surface area contributed by atoms with Gasteiger partial charge in [0.1, 0.15) is 0 Å². The minimum absolute atomic E-state index is 0.159. The van der Waals surface area contributed by atoms with Crippen LogP contribution in [0.5, 0.6) is 0 Å². The van der Waals surface area contributed by atoms with Crippen LogP contribution in [0.2, 0.25) is 0 Å². The summed E-state index contributed by atoms with van der Waals surface area (Å²) in [5, 5.41) is 3.49. The Morgan fingerprint density at radius 3 is 1.80 bits per heavy atom. The fraction of sp³-hybridized carbons (Fsp3) is 0.465. The number of allylic oxidation sites excluding steroid dienone is 6. The number of unbranched alkanes of at least 4 members (excludes halogenated alkanes) is 2. The molecule has 3 aliphatic rings. The molecule has 0 saturated heterocycles.